The Bertz CT molecular complexity index is 574. The van der Waals surface area contributed by atoms with Crippen LogP contribution in [0.2, 0.25) is 0 Å². The van der Waals surface area contributed by atoms with E-state index in [1.54, 1.807) is 0 Å². The lowest BCUT2D eigenvalue weighted by atomic mass is 9.49. The molecule has 0 aromatic rings. The maximum Gasteiger partial charge on any atom is 0.226 e. The van der Waals surface area contributed by atoms with Gasteiger partial charge >= 0.3 is 0 Å². The van der Waals surface area contributed by atoms with Crippen molar-refractivity contribution in [2.45, 2.75) is 55.9 Å². The van der Waals surface area contributed by atoms with E-state index in [1.165, 1.54) is 6.42 Å². The van der Waals surface area contributed by atoms with Crippen LogP contribution in [0.1, 0.15) is 44.9 Å². The van der Waals surface area contributed by atoms with Gasteiger partial charge in [-0.05, 0) is 56.8 Å². The molecule has 0 aromatic heterocycles. The first-order valence-corrected chi connectivity index (χ1v) is 10.2. The molecule has 0 radical (unpaired) electrons. The Hall–Kier alpha value is -0.290. The van der Waals surface area contributed by atoms with Gasteiger partial charge in [0, 0.05) is 10.9 Å². The minimum Gasteiger partial charge on any atom is -0.352 e. The van der Waals surface area contributed by atoms with Gasteiger partial charge in [-0.1, -0.05) is 0 Å². The monoisotopic (exact) mass is 331 g/mol. The summed E-state index contributed by atoms with van der Waals surface area (Å²) in [5.41, 5.74) is -0.321. The molecule has 6 heteroatoms. The highest BCUT2D eigenvalue weighted by molar-refractivity contribution is 7.91. The van der Waals surface area contributed by atoms with Gasteiger partial charge in [0.1, 0.15) is 0 Å². The van der Waals surface area contributed by atoms with Crippen molar-refractivity contribution in [1.29, 1.82) is 0 Å². The average Bonchev–Trinajstić information content (AvgIpc) is 2.65. The fraction of sp³-hybridized carbons (Fsp3) is 0.933. The Morgan fingerprint density at radius 2 is 1.81 bits per heavy atom. The van der Waals surface area contributed by atoms with Crippen LogP contribution in [0.3, 0.4) is 0 Å². The third-order valence-corrected chi connectivity index (χ3v) is 8.25. The van der Waals surface area contributed by atoms with Crippen LogP contribution in [-0.2, 0) is 14.6 Å². The molecule has 1 amide bonds. The summed E-state index contributed by atoms with van der Waals surface area (Å²) < 4.78 is 23.1. The number of rotatable bonds is 2. The number of carbonyl (C=O) groups excluding carboxylic acids is 1. The van der Waals surface area contributed by atoms with Gasteiger partial charge in [0.15, 0.2) is 9.84 Å². The Morgan fingerprint density at radius 1 is 1.14 bits per heavy atom. The zero-order chi connectivity index (χ0) is 14.9. The molecule has 5 rings (SSSR count). The lowest BCUT2D eigenvalue weighted by Gasteiger charge is -2.59. The van der Waals surface area contributed by atoms with Crippen LogP contribution in [0, 0.1) is 17.3 Å². The molecule has 1 saturated heterocycles. The lowest BCUT2D eigenvalue weighted by Crippen LogP contribution is -2.59. The van der Waals surface area contributed by atoms with Crippen LogP contribution in [0.4, 0.5) is 0 Å². The molecule has 1 aliphatic heterocycles. The lowest BCUT2D eigenvalue weighted by molar-refractivity contribution is -0.145. The molecule has 5 aliphatic rings. The summed E-state index contributed by atoms with van der Waals surface area (Å²) in [6.07, 6.45) is 6.56. The Labute approximate surface area is 130 Å². The predicted molar refractivity (Wildman–Crippen MR) is 80.9 cm³/mol. The average molecular weight is 332 g/mol. The van der Waals surface area contributed by atoms with Gasteiger partial charge in [0.25, 0.3) is 0 Å². The molecular formula is C15H22ClNO3S. The first-order valence-electron chi connectivity index (χ1n) is 7.98. The van der Waals surface area contributed by atoms with E-state index in [9.17, 15) is 13.2 Å². The number of alkyl halides is 1. The van der Waals surface area contributed by atoms with E-state index < -0.39 is 9.84 Å². The highest BCUT2D eigenvalue weighted by Gasteiger charge is 2.60. The number of amides is 1. The minimum atomic E-state index is -2.95. The van der Waals surface area contributed by atoms with Gasteiger partial charge in [-0.25, -0.2) is 8.42 Å². The Balaban J connectivity index is 1.52. The maximum absolute atomic E-state index is 12.8. The zero-order valence-electron chi connectivity index (χ0n) is 12.1. The van der Waals surface area contributed by atoms with Gasteiger partial charge in [0.05, 0.1) is 16.9 Å². The van der Waals surface area contributed by atoms with Crippen LogP contribution < -0.4 is 5.32 Å². The second-order valence-corrected chi connectivity index (χ2v) is 11.0. The van der Waals surface area contributed by atoms with Crippen molar-refractivity contribution in [3.05, 3.63) is 0 Å². The highest BCUT2D eigenvalue weighted by atomic mass is 35.5. The molecule has 21 heavy (non-hydrogen) atoms. The van der Waals surface area contributed by atoms with Crippen molar-refractivity contribution in [3.63, 3.8) is 0 Å². The van der Waals surface area contributed by atoms with Gasteiger partial charge < -0.3 is 5.32 Å². The van der Waals surface area contributed by atoms with E-state index in [2.05, 4.69) is 5.32 Å². The first-order chi connectivity index (χ1) is 9.78. The SMILES string of the molecule is O=C(N[C@@H]1CCS(=O)(=O)C1)C12C[C@H]3C[C@@H](CC(Cl)(C3)C1)C2. The van der Waals surface area contributed by atoms with Crippen molar-refractivity contribution in [3.8, 4) is 0 Å². The van der Waals surface area contributed by atoms with E-state index in [-0.39, 0.29) is 33.7 Å². The predicted octanol–water partition coefficient (Wildman–Crippen LogP) is 1.87. The van der Waals surface area contributed by atoms with Crippen molar-refractivity contribution in [2.75, 3.05) is 11.5 Å². The zero-order valence-corrected chi connectivity index (χ0v) is 13.7. The summed E-state index contributed by atoms with van der Waals surface area (Å²) in [5, 5.41) is 3.03. The molecule has 0 aromatic carbocycles. The summed E-state index contributed by atoms with van der Waals surface area (Å²) in [6.45, 7) is 0. The van der Waals surface area contributed by atoms with E-state index in [1.807, 2.05) is 0 Å². The largest absolute Gasteiger partial charge is 0.352 e. The molecule has 1 N–H and O–H groups in total. The summed E-state index contributed by atoms with van der Waals surface area (Å²) >= 11 is 6.75. The van der Waals surface area contributed by atoms with E-state index >= 15 is 0 Å². The van der Waals surface area contributed by atoms with Crippen LogP contribution in [-0.4, -0.2) is 36.7 Å². The molecule has 4 bridgehead atoms. The molecule has 3 atom stereocenters. The standard InChI is InChI=1S/C15H22ClNO3S/c16-15-6-10-3-11(7-15)5-14(4-10,9-15)13(18)17-12-1-2-21(19,20)8-12/h10-12H,1-9H2,(H,17,18)/t10-,11-,12-,14?,15?/m1/s1. The summed E-state index contributed by atoms with van der Waals surface area (Å²) in [4.78, 5) is 12.7. The van der Waals surface area contributed by atoms with Crippen molar-refractivity contribution >= 4 is 27.3 Å². The van der Waals surface area contributed by atoms with Crippen LogP contribution >= 0.6 is 11.6 Å². The Morgan fingerprint density at radius 3 is 2.33 bits per heavy atom. The third kappa shape index (κ3) is 2.40. The van der Waals surface area contributed by atoms with Crippen LogP contribution in [0.25, 0.3) is 0 Å². The molecule has 5 fully saturated rings. The minimum absolute atomic E-state index is 0.0729. The smallest absolute Gasteiger partial charge is 0.226 e. The number of carbonyl (C=O) groups is 1. The second-order valence-electron chi connectivity index (χ2n) is 7.97. The van der Waals surface area contributed by atoms with Crippen molar-refractivity contribution < 1.29 is 13.2 Å². The number of sulfone groups is 1. The normalized spacial score (nSPS) is 50.2. The van der Waals surface area contributed by atoms with Gasteiger partial charge in [0.2, 0.25) is 5.91 Å². The van der Waals surface area contributed by atoms with Gasteiger partial charge in [-0.3, -0.25) is 4.79 Å². The van der Waals surface area contributed by atoms with E-state index in [0.29, 0.717) is 18.3 Å². The van der Waals surface area contributed by atoms with E-state index in [0.717, 1.165) is 32.1 Å². The van der Waals surface area contributed by atoms with Crippen LogP contribution in [0.15, 0.2) is 0 Å². The molecule has 4 saturated carbocycles. The summed E-state index contributed by atoms with van der Waals surface area (Å²) in [6, 6.07) is -0.193. The fourth-order valence-electron chi connectivity index (χ4n) is 5.66. The van der Waals surface area contributed by atoms with Gasteiger partial charge in [-0.2, -0.15) is 0 Å². The summed E-state index contributed by atoms with van der Waals surface area (Å²) in [5.74, 6) is 1.55. The molecule has 118 valence electrons. The maximum atomic E-state index is 12.8. The number of halogens is 1. The molecule has 0 unspecified atom stereocenters. The molecule has 4 aliphatic carbocycles. The quantitative estimate of drug-likeness (QED) is 0.786. The number of hydrogen-bond donors (Lipinski definition) is 1. The molecule has 0 spiro atoms. The van der Waals surface area contributed by atoms with E-state index in [4.69, 9.17) is 11.6 Å². The fourth-order valence-corrected chi connectivity index (χ4v) is 8.03. The first kappa shape index (κ1) is 14.3. The topological polar surface area (TPSA) is 63.2 Å². The Kier molecular flexibility index (Phi) is 2.98. The third-order valence-electron chi connectivity index (χ3n) is 6.04. The summed E-state index contributed by atoms with van der Waals surface area (Å²) in [7, 11) is -2.95. The van der Waals surface area contributed by atoms with Gasteiger partial charge in [-0.15, -0.1) is 11.6 Å². The number of nitrogens with one attached hydrogen (secondary N) is 1. The molecular weight excluding hydrogens is 310 g/mol. The molecule has 4 nitrogen and oxygen atoms in total. The van der Waals surface area contributed by atoms with Crippen molar-refractivity contribution in [2.24, 2.45) is 17.3 Å². The number of hydrogen-bond acceptors (Lipinski definition) is 3. The second kappa shape index (κ2) is 4.38. The van der Waals surface area contributed by atoms with Crippen LogP contribution in [0.5, 0.6) is 0 Å². The molecule has 1 heterocycles. The van der Waals surface area contributed by atoms with Crippen molar-refractivity contribution in [1.82, 2.24) is 5.32 Å². The highest BCUT2D eigenvalue weighted by Crippen LogP contribution is 2.63.